The number of aromatic nitrogens is 2. The number of alkyl halides is 3. The molecule has 0 aliphatic rings. The lowest BCUT2D eigenvalue weighted by molar-refractivity contribution is -0.143. The largest absolute Gasteiger partial charge is 0.497 e. The number of aryl methyl sites for hydroxylation is 2. The molecule has 0 saturated heterocycles. The van der Waals surface area contributed by atoms with E-state index in [1.807, 2.05) is 29.8 Å². The number of methoxy groups -OCH3 is 1. The summed E-state index contributed by atoms with van der Waals surface area (Å²) in [7, 11) is 3.49. The molecule has 1 heterocycles. The number of hydrogen-bond donors (Lipinski definition) is 0. The SMILES string of the molecule is CCOC(=O)CCc1ccc(OCc2nc3ccc(OC)cc3n2C)cc1OCc1cccc(C(F)(F)F)c1. The summed E-state index contributed by atoms with van der Waals surface area (Å²) in [5.41, 5.74) is 2.02. The van der Waals surface area contributed by atoms with Gasteiger partial charge in [-0.25, -0.2) is 4.98 Å². The van der Waals surface area contributed by atoms with Crippen molar-refractivity contribution in [2.45, 2.75) is 39.2 Å². The maximum atomic E-state index is 13.1. The Kier molecular flexibility index (Phi) is 8.63. The van der Waals surface area contributed by atoms with Crippen molar-refractivity contribution in [3.63, 3.8) is 0 Å². The van der Waals surface area contributed by atoms with Crippen LogP contribution in [0.2, 0.25) is 0 Å². The number of rotatable bonds is 11. The molecule has 4 rings (SSSR count). The van der Waals surface area contributed by atoms with E-state index >= 15 is 0 Å². The fourth-order valence-corrected chi connectivity index (χ4v) is 4.06. The molecule has 0 aliphatic carbocycles. The third kappa shape index (κ3) is 7.01. The molecular formula is C29H29F3N2O5. The summed E-state index contributed by atoms with van der Waals surface area (Å²) in [6, 6.07) is 15.8. The van der Waals surface area contributed by atoms with E-state index in [4.69, 9.17) is 18.9 Å². The van der Waals surface area contributed by atoms with Gasteiger partial charge < -0.3 is 23.5 Å². The Morgan fingerprint density at radius 3 is 2.51 bits per heavy atom. The van der Waals surface area contributed by atoms with E-state index in [0.29, 0.717) is 34.9 Å². The third-order valence-electron chi connectivity index (χ3n) is 6.14. The van der Waals surface area contributed by atoms with Crippen LogP contribution in [-0.2, 0) is 42.4 Å². The van der Waals surface area contributed by atoms with E-state index in [1.54, 1.807) is 38.3 Å². The lowest BCUT2D eigenvalue weighted by atomic mass is 10.1. The van der Waals surface area contributed by atoms with Gasteiger partial charge in [0.25, 0.3) is 0 Å². The molecular weight excluding hydrogens is 513 g/mol. The first-order chi connectivity index (χ1) is 18.7. The molecule has 0 N–H and O–H groups in total. The van der Waals surface area contributed by atoms with Crippen LogP contribution < -0.4 is 14.2 Å². The minimum atomic E-state index is -4.45. The summed E-state index contributed by atoms with van der Waals surface area (Å²) in [6.07, 6.45) is -3.98. The molecule has 0 aliphatic heterocycles. The van der Waals surface area contributed by atoms with Gasteiger partial charge in [0.1, 0.15) is 36.3 Å². The number of carbonyl (C=O) groups is 1. The summed E-state index contributed by atoms with van der Waals surface area (Å²) in [6.45, 7) is 2.09. The van der Waals surface area contributed by atoms with Crippen molar-refractivity contribution in [2.24, 2.45) is 7.05 Å². The fourth-order valence-electron chi connectivity index (χ4n) is 4.06. The highest BCUT2D eigenvalue weighted by Crippen LogP contribution is 2.31. The van der Waals surface area contributed by atoms with Crippen LogP contribution in [0.15, 0.2) is 60.7 Å². The summed E-state index contributed by atoms with van der Waals surface area (Å²) in [4.78, 5) is 16.5. The number of carbonyl (C=O) groups excluding carboxylic acids is 1. The minimum absolute atomic E-state index is 0.0909. The van der Waals surface area contributed by atoms with Crippen molar-refractivity contribution in [2.75, 3.05) is 13.7 Å². The molecule has 0 unspecified atom stereocenters. The summed E-state index contributed by atoms with van der Waals surface area (Å²) in [5, 5.41) is 0. The topological polar surface area (TPSA) is 71.8 Å². The standard InChI is InChI=1S/C29H29F3N2O5/c1-4-37-28(35)13-9-20-8-10-23(16-26(20)39-17-19-6-5-7-21(14-19)29(30,31)32)38-18-27-33-24-12-11-22(36-3)15-25(24)34(27)2/h5-8,10-12,14-16H,4,9,13,17-18H2,1-3H3. The second-order valence-electron chi connectivity index (χ2n) is 8.79. The number of fused-ring (bicyclic) bond motifs is 1. The molecule has 10 heteroatoms. The normalized spacial score (nSPS) is 11.4. The van der Waals surface area contributed by atoms with E-state index in [2.05, 4.69) is 4.98 Å². The van der Waals surface area contributed by atoms with Crippen molar-refractivity contribution in [1.29, 1.82) is 0 Å². The molecule has 0 atom stereocenters. The average Bonchev–Trinajstić information content (AvgIpc) is 3.24. The molecule has 206 valence electrons. The Morgan fingerprint density at radius 1 is 0.974 bits per heavy atom. The first kappa shape index (κ1) is 27.8. The zero-order valence-corrected chi connectivity index (χ0v) is 21.9. The number of imidazole rings is 1. The average molecular weight is 543 g/mol. The van der Waals surface area contributed by atoms with Crippen LogP contribution in [-0.4, -0.2) is 29.2 Å². The molecule has 0 spiro atoms. The van der Waals surface area contributed by atoms with E-state index in [-0.39, 0.29) is 32.2 Å². The molecule has 7 nitrogen and oxygen atoms in total. The molecule has 0 fully saturated rings. The monoisotopic (exact) mass is 542 g/mol. The predicted molar refractivity (Wildman–Crippen MR) is 139 cm³/mol. The van der Waals surface area contributed by atoms with Gasteiger partial charge in [0, 0.05) is 25.6 Å². The predicted octanol–water partition coefficient (Wildman–Crippen LogP) is 6.25. The van der Waals surface area contributed by atoms with Gasteiger partial charge in [-0.1, -0.05) is 18.2 Å². The molecule has 0 radical (unpaired) electrons. The zero-order chi connectivity index (χ0) is 28.0. The van der Waals surface area contributed by atoms with Crippen molar-refractivity contribution in [1.82, 2.24) is 9.55 Å². The number of nitrogens with zero attached hydrogens (tertiary/aromatic N) is 2. The molecule has 1 aromatic heterocycles. The number of benzene rings is 3. The Hall–Kier alpha value is -4.21. The van der Waals surface area contributed by atoms with Crippen molar-refractivity contribution >= 4 is 17.0 Å². The van der Waals surface area contributed by atoms with E-state index in [0.717, 1.165) is 28.9 Å². The van der Waals surface area contributed by atoms with Crippen LogP contribution in [0.1, 0.15) is 35.9 Å². The van der Waals surface area contributed by atoms with Gasteiger partial charge in [-0.2, -0.15) is 13.2 Å². The highest BCUT2D eigenvalue weighted by molar-refractivity contribution is 5.77. The number of halogens is 3. The van der Waals surface area contributed by atoms with Gasteiger partial charge >= 0.3 is 12.1 Å². The molecule has 0 amide bonds. The quantitative estimate of drug-likeness (QED) is 0.209. The van der Waals surface area contributed by atoms with Crippen molar-refractivity contribution < 1.29 is 36.9 Å². The molecule has 0 bridgehead atoms. The zero-order valence-electron chi connectivity index (χ0n) is 21.9. The Bertz CT molecular complexity index is 1450. The van der Waals surface area contributed by atoms with E-state index in [1.165, 1.54) is 6.07 Å². The summed E-state index contributed by atoms with van der Waals surface area (Å²) in [5.74, 6) is 1.96. The van der Waals surface area contributed by atoms with Gasteiger partial charge in [-0.3, -0.25) is 4.79 Å². The van der Waals surface area contributed by atoms with Crippen LogP contribution in [0.25, 0.3) is 11.0 Å². The van der Waals surface area contributed by atoms with E-state index in [9.17, 15) is 18.0 Å². The molecule has 3 aromatic carbocycles. The smallest absolute Gasteiger partial charge is 0.416 e. The summed E-state index contributed by atoms with van der Waals surface area (Å²) >= 11 is 0. The van der Waals surface area contributed by atoms with Crippen molar-refractivity contribution in [3.8, 4) is 17.2 Å². The first-order valence-electron chi connectivity index (χ1n) is 12.4. The lowest BCUT2D eigenvalue weighted by Gasteiger charge is -2.15. The Labute approximate surface area is 224 Å². The van der Waals surface area contributed by atoms with E-state index < -0.39 is 11.7 Å². The van der Waals surface area contributed by atoms with Gasteiger partial charge in [0.05, 0.1) is 30.3 Å². The number of ether oxygens (including phenoxy) is 4. The van der Waals surface area contributed by atoms with Gasteiger partial charge in [0.15, 0.2) is 0 Å². The maximum Gasteiger partial charge on any atom is 0.416 e. The van der Waals surface area contributed by atoms with Crippen LogP contribution >= 0.6 is 0 Å². The van der Waals surface area contributed by atoms with Crippen LogP contribution in [0.5, 0.6) is 17.2 Å². The Morgan fingerprint density at radius 2 is 1.77 bits per heavy atom. The third-order valence-corrected chi connectivity index (χ3v) is 6.14. The lowest BCUT2D eigenvalue weighted by Crippen LogP contribution is -2.08. The van der Waals surface area contributed by atoms with Crippen molar-refractivity contribution in [3.05, 3.63) is 83.2 Å². The molecule has 4 aromatic rings. The Balaban J connectivity index is 1.53. The van der Waals surface area contributed by atoms with Gasteiger partial charge in [-0.05, 0) is 54.8 Å². The fraction of sp³-hybridized carbons (Fsp3) is 0.310. The highest BCUT2D eigenvalue weighted by atomic mass is 19.4. The molecule has 39 heavy (non-hydrogen) atoms. The van der Waals surface area contributed by atoms with Crippen LogP contribution in [0.3, 0.4) is 0 Å². The highest BCUT2D eigenvalue weighted by Gasteiger charge is 2.30. The summed E-state index contributed by atoms with van der Waals surface area (Å²) < 4.78 is 63.6. The van der Waals surface area contributed by atoms with Gasteiger partial charge in [0.2, 0.25) is 0 Å². The first-order valence-corrected chi connectivity index (χ1v) is 12.4. The van der Waals surface area contributed by atoms with Crippen LogP contribution in [0, 0.1) is 0 Å². The van der Waals surface area contributed by atoms with Gasteiger partial charge in [-0.15, -0.1) is 0 Å². The second-order valence-corrected chi connectivity index (χ2v) is 8.79. The maximum absolute atomic E-state index is 13.1. The molecule has 0 saturated carbocycles. The number of hydrogen-bond acceptors (Lipinski definition) is 6. The van der Waals surface area contributed by atoms with Crippen LogP contribution in [0.4, 0.5) is 13.2 Å². The second kappa shape index (κ2) is 12.1. The minimum Gasteiger partial charge on any atom is -0.497 e. The number of esters is 1.